The van der Waals surface area contributed by atoms with Gasteiger partial charge in [0.25, 0.3) is 5.91 Å². The summed E-state index contributed by atoms with van der Waals surface area (Å²) in [6.07, 6.45) is -0.750. The molecule has 2 aromatic carbocycles. The van der Waals surface area contributed by atoms with Gasteiger partial charge in [-0.25, -0.2) is 4.39 Å². The second-order valence-electron chi connectivity index (χ2n) is 5.81. The summed E-state index contributed by atoms with van der Waals surface area (Å²) in [5.41, 5.74) is 1.94. The molecule has 3 aromatic rings. The highest BCUT2D eigenvalue weighted by Gasteiger charge is 2.16. The minimum absolute atomic E-state index is 0.0920. The highest BCUT2D eigenvalue weighted by atomic mass is 19.1. The molecule has 1 aromatic heterocycles. The Balaban J connectivity index is 1.55. The van der Waals surface area contributed by atoms with Gasteiger partial charge in [-0.15, -0.1) is 0 Å². The number of benzene rings is 2. The van der Waals surface area contributed by atoms with E-state index in [1.54, 1.807) is 6.92 Å². The van der Waals surface area contributed by atoms with E-state index < -0.39 is 6.10 Å². The molecule has 1 heterocycles. The van der Waals surface area contributed by atoms with Crippen LogP contribution < -0.4 is 10.1 Å². The summed E-state index contributed by atoms with van der Waals surface area (Å²) >= 11 is 0. The lowest BCUT2D eigenvalue weighted by atomic mass is 10.1. The van der Waals surface area contributed by atoms with Gasteiger partial charge in [-0.3, -0.25) is 4.79 Å². The van der Waals surface area contributed by atoms with Crippen molar-refractivity contribution in [1.29, 1.82) is 0 Å². The molecule has 26 heavy (non-hydrogen) atoms. The van der Waals surface area contributed by atoms with E-state index in [2.05, 4.69) is 15.5 Å². The maximum atomic E-state index is 12.9. The summed E-state index contributed by atoms with van der Waals surface area (Å²) in [4.78, 5) is 16.4. The van der Waals surface area contributed by atoms with Crippen molar-refractivity contribution >= 4 is 5.91 Å². The number of amides is 1. The van der Waals surface area contributed by atoms with Crippen molar-refractivity contribution in [2.45, 2.75) is 26.5 Å². The zero-order valence-electron chi connectivity index (χ0n) is 14.4. The highest BCUT2D eigenvalue weighted by molar-refractivity contribution is 5.80. The van der Waals surface area contributed by atoms with E-state index in [1.165, 1.54) is 24.3 Å². The lowest BCUT2D eigenvalue weighted by Gasteiger charge is -2.13. The average molecular weight is 355 g/mol. The van der Waals surface area contributed by atoms with Crippen LogP contribution in [-0.2, 0) is 11.3 Å². The Morgan fingerprint density at radius 1 is 1.27 bits per heavy atom. The smallest absolute Gasteiger partial charge is 0.261 e. The fourth-order valence-electron chi connectivity index (χ4n) is 2.31. The molecule has 0 fully saturated rings. The van der Waals surface area contributed by atoms with Crippen molar-refractivity contribution in [3.63, 3.8) is 0 Å². The van der Waals surface area contributed by atoms with Crippen molar-refractivity contribution in [2.24, 2.45) is 0 Å². The summed E-state index contributed by atoms with van der Waals surface area (Å²) in [6.45, 7) is 3.67. The Morgan fingerprint density at radius 3 is 2.77 bits per heavy atom. The van der Waals surface area contributed by atoms with Gasteiger partial charge in [-0.05, 0) is 44.2 Å². The number of hydrogen-bond donors (Lipinski definition) is 1. The molecule has 0 aliphatic rings. The highest BCUT2D eigenvalue weighted by Crippen LogP contribution is 2.17. The van der Waals surface area contributed by atoms with Crippen LogP contribution in [0.15, 0.2) is 53.1 Å². The molecule has 7 heteroatoms. The first-order valence-electron chi connectivity index (χ1n) is 8.11. The Morgan fingerprint density at radius 2 is 2.04 bits per heavy atom. The molecule has 3 rings (SSSR count). The first-order valence-corrected chi connectivity index (χ1v) is 8.11. The number of carbonyl (C=O) groups excluding carboxylic acids is 1. The van der Waals surface area contributed by atoms with Gasteiger partial charge in [0.2, 0.25) is 11.7 Å². The van der Waals surface area contributed by atoms with Crippen LogP contribution in [0.5, 0.6) is 5.75 Å². The maximum absolute atomic E-state index is 12.9. The Labute approximate surface area is 150 Å². The number of nitrogens with one attached hydrogen (secondary N) is 1. The van der Waals surface area contributed by atoms with Crippen LogP contribution >= 0.6 is 0 Å². The number of rotatable bonds is 6. The molecule has 0 saturated carbocycles. The van der Waals surface area contributed by atoms with E-state index in [1.807, 2.05) is 31.2 Å². The topological polar surface area (TPSA) is 77.2 Å². The predicted octanol–water partition coefficient (Wildman–Crippen LogP) is 3.27. The number of aromatic nitrogens is 2. The van der Waals surface area contributed by atoms with E-state index in [0.717, 1.165) is 11.1 Å². The normalized spacial score (nSPS) is 11.8. The molecule has 1 amide bonds. The molecule has 1 N–H and O–H groups in total. The maximum Gasteiger partial charge on any atom is 0.261 e. The molecule has 0 spiro atoms. The predicted molar refractivity (Wildman–Crippen MR) is 92.8 cm³/mol. The molecule has 1 atom stereocenters. The van der Waals surface area contributed by atoms with Crippen LogP contribution in [0.25, 0.3) is 11.4 Å². The molecule has 0 radical (unpaired) electrons. The Kier molecular flexibility index (Phi) is 5.26. The standard InChI is InChI=1S/C19H18FN3O3/c1-12-4-3-5-14(10-12)18-22-17(26-23-18)11-21-19(24)13(2)25-16-8-6-15(20)7-9-16/h3-10,13H,11H2,1-2H3,(H,21,24)/t13-/m0/s1. The first kappa shape index (κ1) is 17.6. The van der Waals surface area contributed by atoms with Crippen molar-refractivity contribution < 1.29 is 18.4 Å². The van der Waals surface area contributed by atoms with Crippen LogP contribution in [0.1, 0.15) is 18.4 Å². The van der Waals surface area contributed by atoms with Crippen LogP contribution in [0.4, 0.5) is 4.39 Å². The summed E-state index contributed by atoms with van der Waals surface area (Å²) in [5, 5.41) is 6.59. The minimum Gasteiger partial charge on any atom is -0.481 e. The van der Waals surface area contributed by atoms with E-state index in [-0.39, 0.29) is 18.3 Å². The molecule has 0 saturated heterocycles. The lowest BCUT2D eigenvalue weighted by Crippen LogP contribution is -2.35. The third-order valence-electron chi connectivity index (χ3n) is 3.65. The minimum atomic E-state index is -0.750. The largest absolute Gasteiger partial charge is 0.481 e. The van der Waals surface area contributed by atoms with Gasteiger partial charge in [0.05, 0.1) is 6.54 Å². The van der Waals surface area contributed by atoms with Gasteiger partial charge in [0.1, 0.15) is 11.6 Å². The van der Waals surface area contributed by atoms with Gasteiger partial charge in [0.15, 0.2) is 6.10 Å². The van der Waals surface area contributed by atoms with Crippen LogP contribution in [0.3, 0.4) is 0 Å². The fourth-order valence-corrected chi connectivity index (χ4v) is 2.31. The van der Waals surface area contributed by atoms with Gasteiger partial charge >= 0.3 is 0 Å². The molecular weight excluding hydrogens is 337 g/mol. The van der Waals surface area contributed by atoms with Crippen LogP contribution in [0, 0.1) is 12.7 Å². The number of nitrogens with zero attached hydrogens (tertiary/aromatic N) is 2. The third-order valence-corrected chi connectivity index (χ3v) is 3.65. The second kappa shape index (κ2) is 7.77. The fraction of sp³-hybridized carbons (Fsp3) is 0.211. The van der Waals surface area contributed by atoms with Crippen molar-refractivity contribution in [1.82, 2.24) is 15.5 Å². The molecule has 0 unspecified atom stereocenters. The second-order valence-corrected chi connectivity index (χ2v) is 5.81. The zero-order chi connectivity index (χ0) is 18.5. The average Bonchev–Trinajstić information content (AvgIpc) is 3.10. The lowest BCUT2D eigenvalue weighted by molar-refractivity contribution is -0.127. The quantitative estimate of drug-likeness (QED) is 0.734. The summed E-state index contributed by atoms with van der Waals surface area (Å²) in [6, 6.07) is 13.2. The SMILES string of the molecule is Cc1cccc(-c2noc(CNC(=O)[C@H](C)Oc3ccc(F)cc3)n2)c1. The van der Waals surface area contributed by atoms with Crippen molar-refractivity contribution in [3.8, 4) is 17.1 Å². The van der Waals surface area contributed by atoms with Gasteiger partial charge in [0, 0.05) is 5.56 Å². The molecule has 134 valence electrons. The Bertz CT molecular complexity index is 893. The van der Waals surface area contributed by atoms with E-state index in [0.29, 0.717) is 17.5 Å². The van der Waals surface area contributed by atoms with Gasteiger partial charge in [-0.1, -0.05) is 28.9 Å². The zero-order valence-corrected chi connectivity index (χ0v) is 14.4. The summed E-state index contributed by atoms with van der Waals surface area (Å²) < 4.78 is 23.5. The summed E-state index contributed by atoms with van der Waals surface area (Å²) in [7, 11) is 0. The molecule has 0 aliphatic carbocycles. The number of halogens is 1. The van der Waals surface area contributed by atoms with Crippen LogP contribution in [-0.4, -0.2) is 22.2 Å². The molecule has 0 aliphatic heterocycles. The van der Waals surface area contributed by atoms with Crippen LogP contribution in [0.2, 0.25) is 0 Å². The molecule has 6 nitrogen and oxygen atoms in total. The Hall–Kier alpha value is -3.22. The molecular formula is C19H18FN3O3. The molecule has 0 bridgehead atoms. The number of ether oxygens (including phenoxy) is 1. The number of aryl methyl sites for hydroxylation is 1. The van der Waals surface area contributed by atoms with Gasteiger partial charge in [-0.2, -0.15) is 4.98 Å². The van der Waals surface area contributed by atoms with E-state index in [9.17, 15) is 9.18 Å². The van der Waals surface area contributed by atoms with E-state index in [4.69, 9.17) is 9.26 Å². The van der Waals surface area contributed by atoms with Crippen molar-refractivity contribution in [3.05, 3.63) is 65.8 Å². The first-order chi connectivity index (χ1) is 12.5. The van der Waals surface area contributed by atoms with E-state index >= 15 is 0 Å². The van der Waals surface area contributed by atoms with Gasteiger partial charge < -0.3 is 14.6 Å². The number of hydrogen-bond acceptors (Lipinski definition) is 5. The third kappa shape index (κ3) is 4.44. The summed E-state index contributed by atoms with van der Waals surface area (Å²) in [5.74, 6) is 0.464. The number of carbonyl (C=O) groups is 1. The van der Waals surface area contributed by atoms with Crippen molar-refractivity contribution in [2.75, 3.05) is 0 Å². The monoisotopic (exact) mass is 355 g/mol.